The number of hydrogen-bond acceptors (Lipinski definition) is 4. The average Bonchev–Trinajstić information content (AvgIpc) is 2.86. The van der Waals surface area contributed by atoms with Gasteiger partial charge in [-0.15, -0.1) is 0 Å². The van der Waals surface area contributed by atoms with Crippen molar-refractivity contribution in [2.45, 2.75) is 49.0 Å². The van der Waals surface area contributed by atoms with E-state index in [0.717, 1.165) is 25.0 Å². The Morgan fingerprint density at radius 2 is 2.19 bits per heavy atom. The maximum atomic E-state index is 12.5. The van der Waals surface area contributed by atoms with Gasteiger partial charge in [0.15, 0.2) is 0 Å². The van der Waals surface area contributed by atoms with Crippen LogP contribution in [0.3, 0.4) is 0 Å². The molecule has 2 atom stereocenters. The molecule has 0 saturated heterocycles. The SMILES string of the molecule is CCSC1CCCC1NS(=O)(=O)c1ccc(Cl)c(CO)c1. The average molecular weight is 350 g/mol. The van der Waals surface area contributed by atoms with Crippen molar-refractivity contribution in [3.05, 3.63) is 28.8 Å². The number of rotatable bonds is 6. The van der Waals surface area contributed by atoms with E-state index in [1.165, 1.54) is 18.2 Å². The van der Waals surface area contributed by atoms with E-state index in [9.17, 15) is 13.5 Å². The first kappa shape index (κ1) is 17.1. The third-order valence-corrected chi connectivity index (χ3v) is 6.82. The second kappa shape index (κ2) is 7.33. The Balaban J connectivity index is 2.18. The Labute approximate surface area is 135 Å². The number of sulfonamides is 1. The van der Waals surface area contributed by atoms with Gasteiger partial charge in [0.05, 0.1) is 11.5 Å². The van der Waals surface area contributed by atoms with E-state index in [1.807, 2.05) is 0 Å². The minimum Gasteiger partial charge on any atom is -0.392 e. The molecule has 0 aromatic heterocycles. The Kier molecular flexibility index (Phi) is 5.96. The monoisotopic (exact) mass is 349 g/mol. The van der Waals surface area contributed by atoms with Gasteiger partial charge < -0.3 is 5.11 Å². The molecule has 0 spiro atoms. The molecule has 21 heavy (non-hydrogen) atoms. The van der Waals surface area contributed by atoms with Crippen molar-refractivity contribution in [3.63, 3.8) is 0 Å². The molecule has 0 heterocycles. The largest absolute Gasteiger partial charge is 0.392 e. The molecule has 2 rings (SSSR count). The van der Waals surface area contributed by atoms with Crippen LogP contribution in [0.25, 0.3) is 0 Å². The molecule has 1 aromatic rings. The summed E-state index contributed by atoms with van der Waals surface area (Å²) in [5, 5.41) is 9.92. The van der Waals surface area contributed by atoms with Crippen LogP contribution in [-0.4, -0.2) is 30.6 Å². The van der Waals surface area contributed by atoms with Crippen LogP contribution in [0.15, 0.2) is 23.1 Å². The number of halogens is 1. The highest BCUT2D eigenvalue weighted by Crippen LogP contribution is 2.31. The quantitative estimate of drug-likeness (QED) is 0.828. The number of hydrogen-bond donors (Lipinski definition) is 2. The van der Waals surface area contributed by atoms with Gasteiger partial charge in [-0.3, -0.25) is 0 Å². The van der Waals surface area contributed by atoms with Gasteiger partial charge >= 0.3 is 0 Å². The second-order valence-electron chi connectivity index (χ2n) is 5.06. The summed E-state index contributed by atoms with van der Waals surface area (Å²) in [4.78, 5) is 0.156. The van der Waals surface area contributed by atoms with Crippen molar-refractivity contribution in [3.8, 4) is 0 Å². The Bertz CT molecular complexity index is 592. The smallest absolute Gasteiger partial charge is 0.240 e. The molecule has 4 nitrogen and oxygen atoms in total. The van der Waals surface area contributed by atoms with E-state index >= 15 is 0 Å². The third-order valence-electron chi connectivity index (χ3n) is 3.64. The lowest BCUT2D eigenvalue weighted by atomic mass is 10.2. The summed E-state index contributed by atoms with van der Waals surface area (Å²) < 4.78 is 27.7. The second-order valence-corrected chi connectivity index (χ2v) is 8.70. The molecule has 1 aliphatic rings. The van der Waals surface area contributed by atoms with E-state index in [2.05, 4.69) is 11.6 Å². The molecule has 2 N–H and O–H groups in total. The molecule has 1 aromatic carbocycles. The fourth-order valence-corrected chi connectivity index (χ4v) is 5.40. The highest BCUT2D eigenvalue weighted by Gasteiger charge is 2.31. The molecular weight excluding hydrogens is 330 g/mol. The number of aliphatic hydroxyl groups is 1. The minimum absolute atomic E-state index is 0.0202. The van der Waals surface area contributed by atoms with Crippen molar-refractivity contribution >= 4 is 33.4 Å². The number of thioether (sulfide) groups is 1. The lowest BCUT2D eigenvalue weighted by molar-refractivity contribution is 0.281. The maximum Gasteiger partial charge on any atom is 0.240 e. The van der Waals surface area contributed by atoms with E-state index in [0.29, 0.717) is 15.8 Å². The lowest BCUT2D eigenvalue weighted by Gasteiger charge is -2.20. The van der Waals surface area contributed by atoms with E-state index in [1.54, 1.807) is 11.8 Å². The van der Waals surface area contributed by atoms with Crippen molar-refractivity contribution in [1.82, 2.24) is 4.72 Å². The van der Waals surface area contributed by atoms with Crippen LogP contribution in [0, 0.1) is 0 Å². The zero-order valence-corrected chi connectivity index (χ0v) is 14.3. The van der Waals surface area contributed by atoms with Gasteiger partial charge in [0.25, 0.3) is 0 Å². The molecule has 2 unspecified atom stereocenters. The lowest BCUT2D eigenvalue weighted by Crippen LogP contribution is -2.38. The summed E-state index contributed by atoms with van der Waals surface area (Å²) in [5.41, 5.74) is 0.422. The van der Waals surface area contributed by atoms with Gasteiger partial charge in [-0.05, 0) is 42.4 Å². The van der Waals surface area contributed by atoms with Gasteiger partial charge in [0.1, 0.15) is 0 Å². The molecule has 1 aliphatic carbocycles. The first-order valence-electron chi connectivity index (χ1n) is 7.01. The Morgan fingerprint density at radius 1 is 1.43 bits per heavy atom. The van der Waals surface area contributed by atoms with Gasteiger partial charge in [-0.2, -0.15) is 11.8 Å². The molecule has 1 saturated carbocycles. The first-order valence-corrected chi connectivity index (χ1v) is 9.92. The summed E-state index contributed by atoms with van der Waals surface area (Å²) in [7, 11) is -3.58. The van der Waals surface area contributed by atoms with Crippen LogP contribution in [0.5, 0.6) is 0 Å². The maximum absolute atomic E-state index is 12.5. The molecule has 7 heteroatoms. The number of nitrogens with one attached hydrogen (secondary N) is 1. The normalized spacial score (nSPS) is 22.6. The first-order chi connectivity index (χ1) is 9.97. The number of aliphatic hydroxyl groups excluding tert-OH is 1. The van der Waals surface area contributed by atoms with E-state index in [-0.39, 0.29) is 17.5 Å². The molecule has 118 valence electrons. The van der Waals surface area contributed by atoms with Crippen LogP contribution in [0.2, 0.25) is 5.02 Å². The third kappa shape index (κ3) is 4.13. The molecule has 0 radical (unpaired) electrons. The Morgan fingerprint density at radius 3 is 2.86 bits per heavy atom. The van der Waals surface area contributed by atoms with Gasteiger partial charge in [-0.1, -0.05) is 24.9 Å². The van der Waals surface area contributed by atoms with E-state index < -0.39 is 10.0 Å². The highest BCUT2D eigenvalue weighted by atomic mass is 35.5. The topological polar surface area (TPSA) is 66.4 Å². The summed E-state index contributed by atoms with van der Waals surface area (Å²) in [6.07, 6.45) is 2.97. The van der Waals surface area contributed by atoms with Crippen molar-refractivity contribution in [1.29, 1.82) is 0 Å². The van der Waals surface area contributed by atoms with Crippen LogP contribution in [0.4, 0.5) is 0 Å². The van der Waals surface area contributed by atoms with Crippen LogP contribution >= 0.6 is 23.4 Å². The predicted molar refractivity (Wildman–Crippen MR) is 87.3 cm³/mol. The van der Waals surface area contributed by atoms with Crippen molar-refractivity contribution in [2.75, 3.05) is 5.75 Å². The highest BCUT2D eigenvalue weighted by molar-refractivity contribution is 8.00. The molecule has 0 aliphatic heterocycles. The predicted octanol–water partition coefficient (Wildman–Crippen LogP) is 2.78. The molecule has 0 bridgehead atoms. The van der Waals surface area contributed by atoms with Crippen molar-refractivity contribution < 1.29 is 13.5 Å². The molecule has 1 fully saturated rings. The minimum atomic E-state index is -3.58. The Hall–Kier alpha value is -0.270. The zero-order valence-electron chi connectivity index (χ0n) is 11.9. The van der Waals surface area contributed by atoms with Gasteiger partial charge in [0.2, 0.25) is 10.0 Å². The number of benzene rings is 1. The molecular formula is C14H20ClNO3S2. The molecule has 0 amide bonds. The van der Waals surface area contributed by atoms with Crippen LogP contribution in [-0.2, 0) is 16.6 Å². The summed E-state index contributed by atoms with van der Waals surface area (Å²) in [6, 6.07) is 4.39. The summed E-state index contributed by atoms with van der Waals surface area (Å²) in [5.74, 6) is 0.985. The van der Waals surface area contributed by atoms with E-state index in [4.69, 9.17) is 11.6 Å². The van der Waals surface area contributed by atoms with Crippen LogP contribution < -0.4 is 4.72 Å². The van der Waals surface area contributed by atoms with Crippen LogP contribution in [0.1, 0.15) is 31.7 Å². The fourth-order valence-electron chi connectivity index (χ4n) is 2.58. The zero-order chi connectivity index (χ0) is 15.5. The standard InChI is InChI=1S/C14H20ClNO3S2/c1-2-20-14-5-3-4-13(14)16-21(18,19)11-6-7-12(15)10(8-11)9-17/h6-8,13-14,16-17H,2-5,9H2,1H3. The summed E-state index contributed by atoms with van der Waals surface area (Å²) in [6.45, 7) is 1.81. The van der Waals surface area contributed by atoms with Crippen molar-refractivity contribution in [2.24, 2.45) is 0 Å². The fraction of sp³-hybridized carbons (Fsp3) is 0.571. The van der Waals surface area contributed by atoms with Gasteiger partial charge in [0, 0.05) is 16.3 Å². The summed E-state index contributed by atoms with van der Waals surface area (Å²) >= 11 is 7.71. The van der Waals surface area contributed by atoms with Gasteiger partial charge in [-0.25, -0.2) is 13.1 Å².